The Kier molecular flexibility index (Phi) is 5.71. The van der Waals surface area contributed by atoms with Crippen molar-refractivity contribution in [2.45, 2.75) is 39.7 Å². The molecule has 170 valence electrons. The zero-order chi connectivity index (χ0) is 23.0. The maximum absolute atomic E-state index is 12.8. The number of rotatable bonds is 3. The van der Waals surface area contributed by atoms with E-state index in [0.717, 1.165) is 5.56 Å². The second kappa shape index (κ2) is 8.33. The van der Waals surface area contributed by atoms with Crippen LogP contribution in [0.25, 0.3) is 0 Å². The van der Waals surface area contributed by atoms with Gasteiger partial charge in [0.2, 0.25) is 5.91 Å². The largest absolute Gasteiger partial charge is 0.482 e. The molecule has 3 amide bonds. The molecule has 1 aromatic carbocycles. The van der Waals surface area contributed by atoms with E-state index in [9.17, 15) is 14.4 Å². The van der Waals surface area contributed by atoms with E-state index >= 15 is 0 Å². The quantitative estimate of drug-likeness (QED) is 0.734. The lowest BCUT2D eigenvalue weighted by atomic mass is 9.86. The molecule has 1 saturated heterocycles. The van der Waals surface area contributed by atoms with Gasteiger partial charge in [0.25, 0.3) is 11.8 Å². The summed E-state index contributed by atoms with van der Waals surface area (Å²) < 4.78 is 11.4. The summed E-state index contributed by atoms with van der Waals surface area (Å²) in [7, 11) is 0. The Morgan fingerprint density at radius 3 is 2.34 bits per heavy atom. The number of amides is 3. The van der Waals surface area contributed by atoms with E-state index in [0.29, 0.717) is 43.4 Å². The molecule has 3 heterocycles. The molecule has 2 aromatic rings. The highest BCUT2D eigenvalue weighted by Gasteiger charge is 2.30. The zero-order valence-electron chi connectivity index (χ0n) is 19.0. The highest BCUT2D eigenvalue weighted by molar-refractivity contribution is 5.98. The highest BCUT2D eigenvalue weighted by atomic mass is 16.5. The van der Waals surface area contributed by atoms with Crippen molar-refractivity contribution in [2.24, 2.45) is 0 Å². The zero-order valence-corrected chi connectivity index (χ0v) is 19.0. The Bertz CT molecular complexity index is 1040. The predicted octanol–water partition coefficient (Wildman–Crippen LogP) is 2.81. The molecule has 0 unspecified atom stereocenters. The fraction of sp³-hybridized carbons (Fsp3) is 0.458. The Morgan fingerprint density at radius 2 is 1.69 bits per heavy atom. The van der Waals surface area contributed by atoms with Crippen LogP contribution in [0.2, 0.25) is 0 Å². The fourth-order valence-electron chi connectivity index (χ4n) is 3.96. The minimum absolute atomic E-state index is 0.0162. The SMILES string of the molecule is CC(=O)N1CCN(C(=O)c2ccc(CN3C(=O)COc4ccc(C(C)(C)C)cc43)o2)CC1. The first-order valence-electron chi connectivity index (χ1n) is 10.8. The summed E-state index contributed by atoms with van der Waals surface area (Å²) in [5.74, 6) is 1.07. The third-order valence-electron chi connectivity index (χ3n) is 5.97. The van der Waals surface area contributed by atoms with Crippen LogP contribution in [-0.2, 0) is 21.5 Å². The van der Waals surface area contributed by atoms with Gasteiger partial charge in [0.05, 0.1) is 12.2 Å². The maximum Gasteiger partial charge on any atom is 0.289 e. The normalized spacial score (nSPS) is 16.6. The lowest BCUT2D eigenvalue weighted by Crippen LogP contribution is -2.50. The Hall–Kier alpha value is -3.29. The minimum Gasteiger partial charge on any atom is -0.482 e. The van der Waals surface area contributed by atoms with Crippen LogP contribution in [0.1, 0.15) is 49.6 Å². The van der Waals surface area contributed by atoms with Gasteiger partial charge < -0.3 is 19.0 Å². The number of hydrogen-bond acceptors (Lipinski definition) is 5. The molecule has 4 rings (SSSR count). The first kappa shape index (κ1) is 21.9. The average Bonchev–Trinajstić information content (AvgIpc) is 3.23. The lowest BCUT2D eigenvalue weighted by Gasteiger charge is -2.33. The van der Waals surface area contributed by atoms with Gasteiger partial charge in [0, 0.05) is 33.1 Å². The summed E-state index contributed by atoms with van der Waals surface area (Å²) in [5, 5.41) is 0. The van der Waals surface area contributed by atoms with Crippen LogP contribution in [0.5, 0.6) is 5.75 Å². The van der Waals surface area contributed by atoms with Crippen LogP contribution in [0.15, 0.2) is 34.7 Å². The van der Waals surface area contributed by atoms with E-state index in [1.165, 1.54) is 6.92 Å². The molecule has 32 heavy (non-hydrogen) atoms. The molecule has 1 aromatic heterocycles. The number of fused-ring (bicyclic) bond motifs is 1. The summed E-state index contributed by atoms with van der Waals surface area (Å²) in [5.41, 5.74) is 1.73. The molecule has 0 N–H and O–H groups in total. The van der Waals surface area contributed by atoms with Crippen molar-refractivity contribution in [3.63, 3.8) is 0 Å². The topological polar surface area (TPSA) is 83.3 Å². The van der Waals surface area contributed by atoms with Crippen LogP contribution in [0, 0.1) is 0 Å². The van der Waals surface area contributed by atoms with E-state index in [1.54, 1.807) is 26.8 Å². The van der Waals surface area contributed by atoms with Crippen LogP contribution in [-0.4, -0.2) is 60.3 Å². The van der Waals surface area contributed by atoms with Crippen molar-refractivity contribution < 1.29 is 23.5 Å². The van der Waals surface area contributed by atoms with Crippen LogP contribution in [0.3, 0.4) is 0 Å². The van der Waals surface area contributed by atoms with Crippen molar-refractivity contribution in [1.82, 2.24) is 9.80 Å². The molecule has 1 fully saturated rings. The highest BCUT2D eigenvalue weighted by Crippen LogP contribution is 2.37. The van der Waals surface area contributed by atoms with E-state index in [4.69, 9.17) is 9.15 Å². The van der Waals surface area contributed by atoms with Crippen LogP contribution < -0.4 is 9.64 Å². The molecule has 0 aliphatic carbocycles. The van der Waals surface area contributed by atoms with Crippen molar-refractivity contribution in [1.29, 1.82) is 0 Å². The fourth-order valence-corrected chi connectivity index (χ4v) is 3.96. The van der Waals surface area contributed by atoms with Gasteiger partial charge in [-0.25, -0.2) is 0 Å². The number of benzene rings is 1. The van der Waals surface area contributed by atoms with Crippen molar-refractivity contribution in [3.8, 4) is 5.75 Å². The van der Waals surface area contributed by atoms with Gasteiger partial charge >= 0.3 is 0 Å². The third-order valence-corrected chi connectivity index (χ3v) is 5.97. The summed E-state index contributed by atoms with van der Waals surface area (Å²) in [6.45, 7) is 10.0. The summed E-state index contributed by atoms with van der Waals surface area (Å²) in [4.78, 5) is 42.0. The van der Waals surface area contributed by atoms with Crippen molar-refractivity contribution in [3.05, 3.63) is 47.4 Å². The van der Waals surface area contributed by atoms with Gasteiger partial charge in [-0.15, -0.1) is 0 Å². The number of anilines is 1. The number of piperazine rings is 1. The summed E-state index contributed by atoms with van der Waals surface area (Å²) in [6.07, 6.45) is 0. The molecular weight excluding hydrogens is 410 g/mol. The monoisotopic (exact) mass is 439 g/mol. The Morgan fingerprint density at radius 1 is 1.00 bits per heavy atom. The van der Waals surface area contributed by atoms with Gasteiger partial charge in [-0.05, 0) is 35.2 Å². The second-order valence-electron chi connectivity index (χ2n) is 9.27. The summed E-state index contributed by atoms with van der Waals surface area (Å²) >= 11 is 0. The van der Waals surface area contributed by atoms with Gasteiger partial charge in [0.15, 0.2) is 12.4 Å². The number of carbonyl (C=O) groups is 3. The molecule has 2 aliphatic rings. The molecule has 8 nitrogen and oxygen atoms in total. The van der Waals surface area contributed by atoms with Crippen molar-refractivity contribution >= 4 is 23.4 Å². The van der Waals surface area contributed by atoms with Crippen LogP contribution >= 0.6 is 0 Å². The average molecular weight is 440 g/mol. The van der Waals surface area contributed by atoms with Gasteiger partial charge in [-0.2, -0.15) is 0 Å². The molecule has 2 aliphatic heterocycles. The number of nitrogens with zero attached hydrogens (tertiary/aromatic N) is 3. The first-order chi connectivity index (χ1) is 15.1. The molecule has 0 bridgehead atoms. The standard InChI is InChI=1S/C24H29N3O5/c1-16(28)25-9-11-26(12-10-25)23(30)21-8-6-18(32-21)14-27-19-13-17(24(2,3)4)5-7-20(19)31-15-22(27)29/h5-8,13H,9-12,14-15H2,1-4H3. The molecule has 8 heteroatoms. The van der Waals surface area contributed by atoms with Gasteiger partial charge in [0.1, 0.15) is 11.5 Å². The smallest absolute Gasteiger partial charge is 0.289 e. The Labute approximate surface area is 187 Å². The predicted molar refractivity (Wildman–Crippen MR) is 119 cm³/mol. The van der Waals surface area contributed by atoms with Crippen LogP contribution in [0.4, 0.5) is 5.69 Å². The number of ether oxygens (including phenoxy) is 1. The lowest BCUT2D eigenvalue weighted by molar-refractivity contribution is -0.130. The van der Waals surface area contributed by atoms with E-state index in [-0.39, 0.29) is 42.0 Å². The molecule has 0 atom stereocenters. The molecule has 0 spiro atoms. The third kappa shape index (κ3) is 4.35. The number of hydrogen-bond donors (Lipinski definition) is 0. The Balaban J connectivity index is 1.50. The van der Waals surface area contributed by atoms with E-state index in [2.05, 4.69) is 20.8 Å². The van der Waals surface area contributed by atoms with E-state index in [1.807, 2.05) is 18.2 Å². The number of furan rings is 1. The molecular formula is C24H29N3O5. The summed E-state index contributed by atoms with van der Waals surface area (Å²) in [6, 6.07) is 9.27. The minimum atomic E-state index is -0.205. The second-order valence-corrected chi connectivity index (χ2v) is 9.27. The molecule has 0 radical (unpaired) electrons. The van der Waals surface area contributed by atoms with Crippen molar-refractivity contribution in [2.75, 3.05) is 37.7 Å². The maximum atomic E-state index is 12.8. The molecule has 0 saturated carbocycles. The van der Waals surface area contributed by atoms with E-state index < -0.39 is 0 Å². The first-order valence-corrected chi connectivity index (χ1v) is 10.8. The van der Waals surface area contributed by atoms with Gasteiger partial charge in [-0.3, -0.25) is 19.3 Å². The van der Waals surface area contributed by atoms with Gasteiger partial charge in [-0.1, -0.05) is 26.8 Å². The number of carbonyl (C=O) groups excluding carboxylic acids is 3.